The molecule has 0 saturated carbocycles. The second-order valence-electron chi connectivity index (χ2n) is 7.90. The molecule has 1 aliphatic heterocycles. The number of nitrogens with zero attached hydrogens (tertiary/aromatic N) is 5. The first-order valence-electron chi connectivity index (χ1n) is 10.6. The van der Waals surface area contributed by atoms with Crippen LogP contribution in [0.4, 0.5) is 18.9 Å². The molecule has 176 valence electrons. The van der Waals surface area contributed by atoms with Crippen LogP contribution < -0.4 is 9.64 Å². The quantitative estimate of drug-likeness (QED) is 0.570. The number of hydrogen-bond donors (Lipinski definition) is 0. The van der Waals surface area contributed by atoms with Crippen molar-refractivity contribution in [1.82, 2.24) is 14.7 Å². The number of halogens is 3. The first-order valence-corrected chi connectivity index (χ1v) is 10.6. The van der Waals surface area contributed by atoms with Gasteiger partial charge in [-0.25, -0.2) is 0 Å². The maximum Gasteiger partial charge on any atom is 0.417 e. The summed E-state index contributed by atoms with van der Waals surface area (Å²) < 4.78 is 47.8. The van der Waals surface area contributed by atoms with Gasteiger partial charge in [0, 0.05) is 38.6 Å². The molecule has 1 fully saturated rings. The van der Waals surface area contributed by atoms with E-state index in [-0.39, 0.29) is 25.6 Å². The van der Waals surface area contributed by atoms with Gasteiger partial charge in [-0.3, -0.25) is 9.48 Å². The van der Waals surface area contributed by atoms with Gasteiger partial charge in [0.25, 0.3) is 5.91 Å². The lowest BCUT2D eigenvalue weighted by Gasteiger charge is -2.42. The van der Waals surface area contributed by atoms with E-state index in [0.717, 1.165) is 6.07 Å². The average Bonchev–Trinajstić information content (AvgIpc) is 3.27. The number of alkyl halides is 3. The predicted octanol–water partition coefficient (Wildman–Crippen LogP) is 3.72. The highest BCUT2D eigenvalue weighted by molar-refractivity contribution is 5.93. The first kappa shape index (κ1) is 23.2. The fourth-order valence-electron chi connectivity index (χ4n) is 4.00. The molecule has 0 spiro atoms. The van der Waals surface area contributed by atoms with Crippen LogP contribution in [0.15, 0.2) is 60.8 Å². The number of piperazine rings is 1. The Hall–Kier alpha value is -4.00. The third-order valence-electron chi connectivity index (χ3n) is 5.76. The van der Waals surface area contributed by atoms with Crippen LogP contribution in [0.1, 0.15) is 21.6 Å². The Kier molecular flexibility index (Phi) is 6.45. The summed E-state index contributed by atoms with van der Waals surface area (Å²) in [5.74, 6) is 0.405. The Bertz CT molecular complexity index is 1200. The Morgan fingerprint density at radius 3 is 2.59 bits per heavy atom. The van der Waals surface area contributed by atoms with E-state index >= 15 is 0 Å². The Morgan fingerprint density at radius 2 is 1.94 bits per heavy atom. The molecular formula is C24H22F3N5O2. The van der Waals surface area contributed by atoms with E-state index in [9.17, 15) is 18.0 Å². The summed E-state index contributed by atoms with van der Waals surface area (Å²) >= 11 is 0. The van der Waals surface area contributed by atoms with Crippen molar-refractivity contribution in [2.75, 3.05) is 31.1 Å². The molecule has 34 heavy (non-hydrogen) atoms. The van der Waals surface area contributed by atoms with Crippen LogP contribution in [0.25, 0.3) is 0 Å². The first-order chi connectivity index (χ1) is 16.3. The van der Waals surface area contributed by atoms with Gasteiger partial charge in [-0.15, -0.1) is 0 Å². The predicted molar refractivity (Wildman–Crippen MR) is 118 cm³/mol. The lowest BCUT2D eigenvalue weighted by atomic mass is 10.0. The zero-order chi connectivity index (χ0) is 24.3. The highest BCUT2D eigenvalue weighted by atomic mass is 19.4. The van der Waals surface area contributed by atoms with Crippen molar-refractivity contribution in [2.24, 2.45) is 7.05 Å². The molecule has 10 heteroatoms. The van der Waals surface area contributed by atoms with E-state index in [1.54, 1.807) is 41.1 Å². The molecule has 1 saturated heterocycles. The van der Waals surface area contributed by atoms with Crippen molar-refractivity contribution in [3.63, 3.8) is 0 Å². The molecule has 7 nitrogen and oxygen atoms in total. The Morgan fingerprint density at radius 1 is 1.18 bits per heavy atom. The van der Waals surface area contributed by atoms with E-state index in [1.165, 1.54) is 23.0 Å². The van der Waals surface area contributed by atoms with Crippen LogP contribution in [0.3, 0.4) is 0 Å². The summed E-state index contributed by atoms with van der Waals surface area (Å²) in [5.41, 5.74) is -0.650. The number of amides is 1. The van der Waals surface area contributed by atoms with Gasteiger partial charge in [-0.2, -0.15) is 23.5 Å². The van der Waals surface area contributed by atoms with Gasteiger partial charge in [0.1, 0.15) is 18.1 Å². The molecule has 2 heterocycles. The molecule has 0 bridgehead atoms. The maximum atomic E-state index is 13.5. The van der Waals surface area contributed by atoms with Crippen molar-refractivity contribution < 1.29 is 22.7 Å². The Labute approximate surface area is 194 Å². The topological polar surface area (TPSA) is 74.4 Å². The molecule has 3 aromatic rings. The maximum absolute atomic E-state index is 13.5. The van der Waals surface area contributed by atoms with Gasteiger partial charge in [0.15, 0.2) is 0 Å². The molecule has 0 aliphatic carbocycles. The minimum Gasteiger partial charge on any atom is -0.491 e. The molecule has 1 amide bonds. The van der Waals surface area contributed by atoms with Crippen LogP contribution in [-0.4, -0.2) is 52.9 Å². The lowest BCUT2D eigenvalue weighted by molar-refractivity contribution is -0.137. The fourth-order valence-corrected chi connectivity index (χ4v) is 4.00. The number of carbonyl (C=O) groups is 1. The van der Waals surface area contributed by atoms with Gasteiger partial charge in [0.2, 0.25) is 0 Å². The average molecular weight is 469 g/mol. The molecule has 1 atom stereocenters. The van der Waals surface area contributed by atoms with E-state index in [4.69, 9.17) is 10.00 Å². The van der Waals surface area contributed by atoms with Gasteiger partial charge in [-0.1, -0.05) is 18.2 Å². The molecule has 1 aliphatic rings. The van der Waals surface area contributed by atoms with Crippen LogP contribution in [0, 0.1) is 11.3 Å². The molecule has 1 unspecified atom stereocenters. The summed E-state index contributed by atoms with van der Waals surface area (Å²) in [6.07, 6.45) is -3.11. The molecular weight excluding hydrogens is 447 g/mol. The highest BCUT2D eigenvalue weighted by Gasteiger charge is 2.36. The van der Waals surface area contributed by atoms with E-state index in [1.807, 2.05) is 18.2 Å². The minimum absolute atomic E-state index is 0.159. The van der Waals surface area contributed by atoms with Gasteiger partial charge < -0.3 is 14.5 Å². The second-order valence-corrected chi connectivity index (χ2v) is 7.90. The zero-order valence-electron chi connectivity index (χ0n) is 18.4. The number of nitriles is 1. The van der Waals surface area contributed by atoms with Crippen LogP contribution in [0.2, 0.25) is 0 Å². The number of aryl methyl sites for hydroxylation is 1. The zero-order valence-corrected chi connectivity index (χ0v) is 18.4. The molecule has 0 N–H and O–H groups in total. The van der Waals surface area contributed by atoms with Crippen LogP contribution >= 0.6 is 0 Å². The van der Waals surface area contributed by atoms with Gasteiger partial charge >= 0.3 is 6.18 Å². The molecule has 1 aromatic heterocycles. The second kappa shape index (κ2) is 9.47. The van der Waals surface area contributed by atoms with Crippen LogP contribution in [-0.2, 0) is 13.2 Å². The number of carbonyl (C=O) groups excluding carboxylic acids is 1. The molecule has 4 rings (SSSR count). The monoisotopic (exact) mass is 469 g/mol. The number of benzene rings is 2. The third kappa shape index (κ3) is 4.83. The highest BCUT2D eigenvalue weighted by Crippen LogP contribution is 2.35. The summed E-state index contributed by atoms with van der Waals surface area (Å²) in [7, 11) is 1.67. The number of rotatable bonds is 5. The van der Waals surface area contributed by atoms with Crippen molar-refractivity contribution in [2.45, 2.75) is 12.2 Å². The SMILES string of the molecule is Cn1nccc1C(=O)N1CCN(c2ccc(C#N)c(C(F)(F)F)c2)CC1COc1ccccc1. The number of aromatic nitrogens is 2. The Balaban J connectivity index is 1.60. The number of hydrogen-bond acceptors (Lipinski definition) is 5. The summed E-state index contributed by atoms with van der Waals surface area (Å²) in [6.45, 7) is 1.04. The van der Waals surface area contributed by atoms with E-state index in [2.05, 4.69) is 5.10 Å². The largest absolute Gasteiger partial charge is 0.491 e. The van der Waals surface area contributed by atoms with Crippen molar-refractivity contribution >= 4 is 11.6 Å². The lowest BCUT2D eigenvalue weighted by Crippen LogP contribution is -2.57. The molecule has 0 radical (unpaired) electrons. The standard InChI is InChI=1S/C24H22F3N5O2/c1-30-22(9-10-29-30)23(33)32-12-11-31(15-19(32)16-34-20-5-3-2-4-6-20)18-8-7-17(14-28)21(13-18)24(25,26)27/h2-10,13,19H,11-12,15-16H2,1H3. The number of ether oxygens (including phenoxy) is 1. The smallest absolute Gasteiger partial charge is 0.417 e. The van der Waals surface area contributed by atoms with Crippen molar-refractivity contribution in [3.05, 3.63) is 77.6 Å². The van der Waals surface area contributed by atoms with Gasteiger partial charge in [-0.05, 0) is 36.4 Å². The summed E-state index contributed by atoms with van der Waals surface area (Å²) in [5, 5.41) is 13.1. The minimum atomic E-state index is -4.64. The number of anilines is 1. The number of para-hydroxylation sites is 1. The van der Waals surface area contributed by atoms with E-state index in [0.29, 0.717) is 23.7 Å². The normalized spacial score (nSPS) is 16.3. The third-order valence-corrected chi connectivity index (χ3v) is 5.76. The molecule has 2 aromatic carbocycles. The van der Waals surface area contributed by atoms with Crippen LogP contribution in [0.5, 0.6) is 5.75 Å². The van der Waals surface area contributed by atoms with Crippen molar-refractivity contribution in [3.8, 4) is 11.8 Å². The summed E-state index contributed by atoms with van der Waals surface area (Å²) in [6, 6.07) is 15.6. The van der Waals surface area contributed by atoms with Crippen molar-refractivity contribution in [1.29, 1.82) is 5.26 Å². The van der Waals surface area contributed by atoms with E-state index < -0.39 is 23.3 Å². The fraction of sp³-hybridized carbons (Fsp3) is 0.292. The van der Waals surface area contributed by atoms with Gasteiger partial charge in [0.05, 0.1) is 23.2 Å². The summed E-state index contributed by atoms with van der Waals surface area (Å²) in [4.78, 5) is 16.7.